The van der Waals surface area contributed by atoms with E-state index in [2.05, 4.69) is 0 Å². The number of likely N-dealkylation sites (tertiary alicyclic amines) is 1. The van der Waals surface area contributed by atoms with E-state index in [0.29, 0.717) is 12.8 Å². The van der Waals surface area contributed by atoms with Gasteiger partial charge in [0.25, 0.3) is 5.91 Å². The molecule has 1 unspecified atom stereocenters. The van der Waals surface area contributed by atoms with Crippen LogP contribution >= 0.6 is 0 Å². The lowest BCUT2D eigenvalue weighted by Gasteiger charge is -2.22. The molecule has 0 N–H and O–H groups in total. The first-order chi connectivity index (χ1) is 16.0. The van der Waals surface area contributed by atoms with E-state index in [-0.39, 0.29) is 55.5 Å². The van der Waals surface area contributed by atoms with Crippen molar-refractivity contribution in [3.05, 3.63) is 65.7 Å². The maximum atomic E-state index is 12.9. The summed E-state index contributed by atoms with van der Waals surface area (Å²) in [5.74, 6) is -1.14. The van der Waals surface area contributed by atoms with Crippen LogP contribution in [0.25, 0.3) is 0 Å². The average Bonchev–Trinajstić information content (AvgIpc) is 3.37. The van der Waals surface area contributed by atoms with Crippen LogP contribution in [0.2, 0.25) is 0 Å². The van der Waals surface area contributed by atoms with Crippen molar-refractivity contribution in [2.24, 2.45) is 17.8 Å². The zero-order valence-electron chi connectivity index (χ0n) is 18.9. The molecule has 2 aromatic carbocycles. The molecule has 33 heavy (non-hydrogen) atoms. The van der Waals surface area contributed by atoms with E-state index in [4.69, 9.17) is 14.2 Å². The zero-order chi connectivity index (χ0) is 23.4. The van der Waals surface area contributed by atoms with Crippen molar-refractivity contribution in [1.29, 1.82) is 0 Å². The van der Waals surface area contributed by atoms with Gasteiger partial charge in [-0.3, -0.25) is 19.3 Å². The fourth-order valence-electron chi connectivity index (χ4n) is 5.00. The lowest BCUT2D eigenvalue weighted by Crippen LogP contribution is -2.41. The number of rotatable bonds is 8. The molecule has 2 aromatic rings. The molecular weight excluding hydrogens is 422 g/mol. The Kier molecular flexibility index (Phi) is 7.08. The third-order valence-electron chi connectivity index (χ3n) is 6.67. The Morgan fingerprint density at radius 2 is 1.67 bits per heavy atom. The molecule has 1 heterocycles. The minimum Gasteiger partial charge on any atom is -0.497 e. The molecule has 0 radical (unpaired) electrons. The average molecular weight is 452 g/mol. The third kappa shape index (κ3) is 4.93. The summed E-state index contributed by atoms with van der Waals surface area (Å²) in [7, 11) is 1.60. The monoisotopic (exact) mass is 451 g/mol. The molecule has 2 amide bonds. The van der Waals surface area contributed by atoms with Crippen LogP contribution in [0.5, 0.6) is 5.75 Å². The number of imide groups is 1. The fourth-order valence-corrected chi connectivity index (χ4v) is 5.00. The van der Waals surface area contributed by atoms with E-state index in [1.54, 1.807) is 14.0 Å². The van der Waals surface area contributed by atoms with Crippen molar-refractivity contribution in [2.45, 2.75) is 39.0 Å². The zero-order valence-corrected chi connectivity index (χ0v) is 18.9. The SMILES string of the molecule is COc1ccc(COCC(=O)N2C(=O)[C@@H](C)[C@H]3C(C(=O)OCc4ccccc4)CC[C@@H]32)cc1. The van der Waals surface area contributed by atoms with Gasteiger partial charge in [-0.1, -0.05) is 49.4 Å². The third-order valence-corrected chi connectivity index (χ3v) is 6.67. The molecule has 0 spiro atoms. The molecule has 1 saturated carbocycles. The number of benzene rings is 2. The number of ether oxygens (including phenoxy) is 3. The summed E-state index contributed by atoms with van der Waals surface area (Å²) in [5, 5.41) is 0. The molecular formula is C26H29NO6. The van der Waals surface area contributed by atoms with Crippen LogP contribution in [-0.2, 0) is 37.1 Å². The quantitative estimate of drug-likeness (QED) is 0.573. The Morgan fingerprint density at radius 3 is 2.36 bits per heavy atom. The Bertz CT molecular complexity index is 990. The molecule has 1 aliphatic heterocycles. The molecule has 7 nitrogen and oxygen atoms in total. The van der Waals surface area contributed by atoms with E-state index in [0.717, 1.165) is 16.9 Å². The lowest BCUT2D eigenvalue weighted by molar-refractivity contribution is -0.151. The highest BCUT2D eigenvalue weighted by molar-refractivity contribution is 5.99. The Hall–Kier alpha value is -3.19. The van der Waals surface area contributed by atoms with E-state index in [9.17, 15) is 14.4 Å². The summed E-state index contributed by atoms with van der Waals surface area (Å²) < 4.78 is 16.3. The molecule has 4 rings (SSSR count). The molecule has 2 fully saturated rings. The van der Waals surface area contributed by atoms with Crippen molar-refractivity contribution in [2.75, 3.05) is 13.7 Å². The Labute approximate surface area is 193 Å². The summed E-state index contributed by atoms with van der Waals surface area (Å²) in [6.45, 7) is 2.08. The van der Waals surface area contributed by atoms with Crippen LogP contribution in [0.15, 0.2) is 54.6 Å². The second kappa shape index (κ2) is 10.2. The van der Waals surface area contributed by atoms with Gasteiger partial charge in [-0.2, -0.15) is 0 Å². The van der Waals surface area contributed by atoms with Gasteiger partial charge in [0, 0.05) is 17.9 Å². The summed E-state index contributed by atoms with van der Waals surface area (Å²) in [6, 6.07) is 16.6. The first kappa shape index (κ1) is 23.0. The largest absolute Gasteiger partial charge is 0.497 e. The van der Waals surface area contributed by atoms with Crippen LogP contribution in [0.1, 0.15) is 30.9 Å². The number of carbonyl (C=O) groups is 3. The van der Waals surface area contributed by atoms with Crippen LogP contribution in [-0.4, -0.2) is 42.4 Å². The van der Waals surface area contributed by atoms with Crippen molar-refractivity contribution in [1.82, 2.24) is 4.90 Å². The minimum absolute atomic E-state index is 0.184. The Morgan fingerprint density at radius 1 is 0.970 bits per heavy atom. The van der Waals surface area contributed by atoms with Gasteiger partial charge in [0.15, 0.2) is 0 Å². The number of fused-ring (bicyclic) bond motifs is 1. The van der Waals surface area contributed by atoms with E-state index in [1.165, 1.54) is 4.90 Å². The highest BCUT2D eigenvalue weighted by Crippen LogP contribution is 2.46. The van der Waals surface area contributed by atoms with Crippen molar-refractivity contribution < 1.29 is 28.6 Å². The molecule has 4 atom stereocenters. The van der Waals surface area contributed by atoms with Crippen LogP contribution in [0.4, 0.5) is 0 Å². The summed E-state index contributed by atoms with van der Waals surface area (Å²) in [6.07, 6.45) is 1.22. The number of carbonyl (C=O) groups excluding carboxylic acids is 3. The van der Waals surface area contributed by atoms with Gasteiger partial charge in [-0.15, -0.1) is 0 Å². The van der Waals surface area contributed by atoms with Crippen molar-refractivity contribution in [3.63, 3.8) is 0 Å². The number of amides is 2. The second-order valence-corrected chi connectivity index (χ2v) is 8.65. The summed E-state index contributed by atoms with van der Waals surface area (Å²) in [5.41, 5.74) is 1.83. The maximum absolute atomic E-state index is 12.9. The predicted octanol–water partition coefficient (Wildman–Crippen LogP) is 3.35. The van der Waals surface area contributed by atoms with Gasteiger partial charge < -0.3 is 14.2 Å². The highest BCUT2D eigenvalue weighted by atomic mass is 16.5. The van der Waals surface area contributed by atoms with E-state index >= 15 is 0 Å². The number of esters is 1. The Balaban J connectivity index is 1.33. The number of nitrogens with zero attached hydrogens (tertiary/aromatic N) is 1. The van der Waals surface area contributed by atoms with Gasteiger partial charge in [0.1, 0.15) is 19.0 Å². The van der Waals surface area contributed by atoms with Crippen LogP contribution in [0.3, 0.4) is 0 Å². The molecule has 1 aliphatic carbocycles. The number of methoxy groups -OCH3 is 1. The summed E-state index contributed by atoms with van der Waals surface area (Å²) in [4.78, 5) is 39.9. The minimum atomic E-state index is -0.405. The molecule has 174 valence electrons. The summed E-state index contributed by atoms with van der Waals surface area (Å²) >= 11 is 0. The second-order valence-electron chi connectivity index (χ2n) is 8.65. The molecule has 1 saturated heterocycles. The topological polar surface area (TPSA) is 82.1 Å². The first-order valence-electron chi connectivity index (χ1n) is 11.3. The predicted molar refractivity (Wildman–Crippen MR) is 120 cm³/mol. The van der Waals surface area contributed by atoms with Crippen LogP contribution in [0, 0.1) is 17.8 Å². The van der Waals surface area contributed by atoms with E-state index in [1.807, 2.05) is 54.6 Å². The molecule has 0 bridgehead atoms. The molecule has 7 heteroatoms. The highest BCUT2D eigenvalue weighted by Gasteiger charge is 2.56. The fraction of sp³-hybridized carbons (Fsp3) is 0.423. The first-order valence-corrected chi connectivity index (χ1v) is 11.3. The standard InChI is InChI=1S/C26H29NO6/c1-17-24-21(26(30)33-15-18-6-4-3-5-7-18)12-13-22(24)27(25(17)29)23(28)16-32-14-19-8-10-20(31-2)11-9-19/h3-11,17,21-22,24H,12-16H2,1-2H3/t17-,21?,22-,24-/m0/s1. The normalized spacial score (nSPS) is 23.9. The van der Waals surface area contributed by atoms with Gasteiger partial charge in [0.05, 0.1) is 19.6 Å². The molecule has 2 aliphatic rings. The van der Waals surface area contributed by atoms with Crippen molar-refractivity contribution in [3.8, 4) is 5.75 Å². The number of hydrogen-bond donors (Lipinski definition) is 0. The molecule has 0 aromatic heterocycles. The van der Waals surface area contributed by atoms with Gasteiger partial charge >= 0.3 is 5.97 Å². The van der Waals surface area contributed by atoms with Crippen LogP contribution < -0.4 is 4.74 Å². The van der Waals surface area contributed by atoms with Gasteiger partial charge in [-0.25, -0.2) is 0 Å². The number of hydrogen-bond acceptors (Lipinski definition) is 6. The van der Waals surface area contributed by atoms with E-state index < -0.39 is 5.92 Å². The lowest BCUT2D eigenvalue weighted by atomic mass is 9.86. The smallest absolute Gasteiger partial charge is 0.309 e. The van der Waals surface area contributed by atoms with Gasteiger partial charge in [-0.05, 0) is 36.1 Å². The van der Waals surface area contributed by atoms with Crippen molar-refractivity contribution >= 4 is 17.8 Å². The maximum Gasteiger partial charge on any atom is 0.309 e. The van der Waals surface area contributed by atoms with Gasteiger partial charge in [0.2, 0.25) is 5.91 Å².